The van der Waals surface area contributed by atoms with Gasteiger partial charge in [-0.15, -0.1) is 0 Å². The molecule has 2 heterocycles. The smallest absolute Gasteiger partial charge is 0.230 e. The number of benzene rings is 2. The number of anilines is 2. The van der Waals surface area contributed by atoms with Crippen molar-refractivity contribution >= 4 is 22.5 Å². The molecule has 0 spiro atoms. The number of fused-ring (bicyclic) bond motifs is 2. The van der Waals surface area contributed by atoms with Gasteiger partial charge in [-0.3, -0.25) is 0 Å². The van der Waals surface area contributed by atoms with E-state index in [4.69, 9.17) is 9.47 Å². The third-order valence-corrected chi connectivity index (χ3v) is 5.87. The van der Waals surface area contributed by atoms with Gasteiger partial charge in [0.15, 0.2) is 0 Å². The number of nitrogens with one attached hydrogen (secondary N) is 2. The molecule has 2 aromatic rings. The van der Waals surface area contributed by atoms with E-state index in [2.05, 4.69) is 88.6 Å². The molecule has 2 aromatic carbocycles. The van der Waals surface area contributed by atoms with Crippen molar-refractivity contribution in [1.29, 1.82) is 0 Å². The molecular formula is C27H34N2O2. The number of hydrogen-bond donors (Lipinski definition) is 2. The van der Waals surface area contributed by atoms with Crippen LogP contribution < -0.4 is 20.1 Å². The fraction of sp³-hybridized carbons (Fsp3) is 0.407. The molecular weight excluding hydrogens is 384 g/mol. The van der Waals surface area contributed by atoms with Crippen LogP contribution in [0.3, 0.4) is 0 Å². The minimum absolute atomic E-state index is 0.0356. The fourth-order valence-corrected chi connectivity index (χ4v) is 4.52. The summed E-state index contributed by atoms with van der Waals surface area (Å²) in [5.41, 5.74) is 7.34. The summed E-state index contributed by atoms with van der Waals surface area (Å²) in [5, 5.41) is 7.16. The quantitative estimate of drug-likeness (QED) is 0.491. The molecule has 0 amide bonds. The summed E-state index contributed by atoms with van der Waals surface area (Å²) < 4.78 is 11.9. The van der Waals surface area contributed by atoms with E-state index in [1.54, 1.807) is 0 Å². The van der Waals surface area contributed by atoms with E-state index in [1.165, 1.54) is 22.3 Å². The SMILES string of the molecule is CCC1=CC(C)(C)Nc2ccc(OCOc3ccc4c(c3)C(CC)=CC(C)(C)N4)cc21. The van der Waals surface area contributed by atoms with Crippen LogP contribution in [0, 0.1) is 0 Å². The van der Waals surface area contributed by atoms with Crippen LogP contribution in [-0.2, 0) is 0 Å². The van der Waals surface area contributed by atoms with Crippen molar-refractivity contribution in [3.8, 4) is 11.5 Å². The van der Waals surface area contributed by atoms with Crippen molar-refractivity contribution in [1.82, 2.24) is 0 Å². The standard InChI is InChI=1S/C27H34N2O2/c1-7-18-15-26(3,4)28-24-11-9-20(13-22(18)24)30-17-31-21-10-12-25-23(14-21)19(8-2)16-27(5,6)29-25/h9-16,28-29H,7-8,17H2,1-6H3. The van der Waals surface area contributed by atoms with Crippen LogP contribution in [0.1, 0.15) is 65.5 Å². The van der Waals surface area contributed by atoms with Gasteiger partial charge >= 0.3 is 0 Å². The summed E-state index contributed by atoms with van der Waals surface area (Å²) in [6, 6.07) is 12.4. The molecule has 0 fully saturated rings. The zero-order chi connectivity index (χ0) is 22.2. The average Bonchev–Trinajstić information content (AvgIpc) is 2.71. The second kappa shape index (κ2) is 7.99. The Hall–Kier alpha value is -2.88. The molecule has 4 rings (SSSR count). The summed E-state index contributed by atoms with van der Waals surface area (Å²) in [7, 11) is 0. The Bertz CT molecular complexity index is 964. The highest BCUT2D eigenvalue weighted by Gasteiger charge is 2.25. The van der Waals surface area contributed by atoms with E-state index in [-0.39, 0.29) is 17.9 Å². The largest absolute Gasteiger partial charge is 0.457 e. The van der Waals surface area contributed by atoms with Gasteiger partial charge < -0.3 is 20.1 Å². The number of allylic oxidation sites excluding steroid dienone is 2. The highest BCUT2D eigenvalue weighted by molar-refractivity contribution is 5.82. The van der Waals surface area contributed by atoms with Gasteiger partial charge in [0, 0.05) is 22.5 Å². The highest BCUT2D eigenvalue weighted by atomic mass is 16.7. The first-order valence-electron chi connectivity index (χ1n) is 11.2. The lowest BCUT2D eigenvalue weighted by atomic mass is 9.89. The predicted molar refractivity (Wildman–Crippen MR) is 131 cm³/mol. The van der Waals surface area contributed by atoms with Crippen LogP contribution in [0.2, 0.25) is 0 Å². The first kappa shape index (κ1) is 21.4. The average molecular weight is 419 g/mol. The maximum atomic E-state index is 5.94. The lowest BCUT2D eigenvalue weighted by Crippen LogP contribution is -2.31. The summed E-state index contributed by atoms with van der Waals surface area (Å²) in [6.07, 6.45) is 6.59. The second-order valence-electron chi connectivity index (χ2n) is 9.56. The van der Waals surface area contributed by atoms with E-state index in [1.807, 2.05) is 12.1 Å². The highest BCUT2D eigenvalue weighted by Crippen LogP contribution is 2.39. The molecule has 164 valence electrons. The molecule has 0 bridgehead atoms. The van der Waals surface area contributed by atoms with Crippen LogP contribution in [0.5, 0.6) is 11.5 Å². The van der Waals surface area contributed by atoms with Gasteiger partial charge in [-0.1, -0.05) is 26.0 Å². The van der Waals surface area contributed by atoms with Gasteiger partial charge in [0.2, 0.25) is 6.79 Å². The Morgan fingerprint density at radius 2 is 1.10 bits per heavy atom. The normalized spacial score (nSPS) is 17.9. The van der Waals surface area contributed by atoms with E-state index < -0.39 is 0 Å². The Kier molecular flexibility index (Phi) is 5.50. The summed E-state index contributed by atoms with van der Waals surface area (Å²) >= 11 is 0. The van der Waals surface area contributed by atoms with Crippen molar-refractivity contribution in [3.05, 3.63) is 59.7 Å². The second-order valence-corrected chi connectivity index (χ2v) is 9.56. The molecule has 2 aliphatic heterocycles. The predicted octanol–water partition coefficient (Wildman–Crippen LogP) is 7.10. The molecule has 4 heteroatoms. The Morgan fingerprint density at radius 3 is 1.48 bits per heavy atom. The minimum atomic E-state index is -0.0356. The van der Waals surface area contributed by atoms with Crippen LogP contribution in [-0.4, -0.2) is 17.9 Å². The van der Waals surface area contributed by atoms with Crippen molar-refractivity contribution in [3.63, 3.8) is 0 Å². The Morgan fingerprint density at radius 1 is 0.677 bits per heavy atom. The van der Waals surface area contributed by atoms with Gasteiger partial charge in [-0.05, 0) is 88.1 Å². The number of rotatable bonds is 6. The maximum Gasteiger partial charge on any atom is 0.230 e. The first-order valence-corrected chi connectivity index (χ1v) is 11.2. The topological polar surface area (TPSA) is 42.5 Å². The van der Waals surface area contributed by atoms with E-state index >= 15 is 0 Å². The zero-order valence-electron chi connectivity index (χ0n) is 19.6. The summed E-state index contributed by atoms with van der Waals surface area (Å²) in [4.78, 5) is 0. The van der Waals surface area contributed by atoms with Gasteiger partial charge in [0.05, 0.1) is 11.1 Å². The molecule has 0 radical (unpaired) electrons. The Balaban J connectivity index is 1.45. The molecule has 0 saturated heterocycles. The van der Waals surface area contributed by atoms with Gasteiger partial charge in [0.25, 0.3) is 0 Å². The number of ether oxygens (including phenoxy) is 2. The van der Waals surface area contributed by atoms with Crippen LogP contribution in [0.25, 0.3) is 11.1 Å². The van der Waals surface area contributed by atoms with Crippen LogP contribution in [0.15, 0.2) is 48.6 Å². The molecule has 0 saturated carbocycles. The molecule has 31 heavy (non-hydrogen) atoms. The molecule has 0 aromatic heterocycles. The zero-order valence-corrected chi connectivity index (χ0v) is 19.6. The molecule has 0 atom stereocenters. The van der Waals surface area contributed by atoms with Crippen LogP contribution in [0.4, 0.5) is 11.4 Å². The number of hydrogen-bond acceptors (Lipinski definition) is 4. The molecule has 0 aliphatic carbocycles. The third kappa shape index (κ3) is 4.58. The lowest BCUT2D eigenvalue weighted by molar-refractivity contribution is 0.120. The lowest BCUT2D eigenvalue weighted by Gasteiger charge is -2.32. The van der Waals surface area contributed by atoms with Gasteiger partial charge in [-0.2, -0.15) is 0 Å². The maximum absolute atomic E-state index is 5.94. The minimum Gasteiger partial charge on any atom is -0.457 e. The van der Waals surface area contributed by atoms with Crippen molar-refractivity contribution in [2.45, 2.75) is 65.5 Å². The van der Waals surface area contributed by atoms with Gasteiger partial charge in [0.1, 0.15) is 11.5 Å². The summed E-state index contributed by atoms with van der Waals surface area (Å²) in [6.45, 7) is 13.3. The third-order valence-electron chi connectivity index (χ3n) is 5.87. The Labute approximate surface area is 186 Å². The molecule has 2 aliphatic rings. The monoisotopic (exact) mass is 418 g/mol. The van der Waals surface area contributed by atoms with Crippen molar-refractivity contribution in [2.75, 3.05) is 17.4 Å². The summed E-state index contributed by atoms with van der Waals surface area (Å²) in [5.74, 6) is 1.63. The van der Waals surface area contributed by atoms with Crippen LogP contribution >= 0.6 is 0 Å². The molecule has 0 unspecified atom stereocenters. The van der Waals surface area contributed by atoms with E-state index in [0.717, 1.165) is 35.7 Å². The molecule has 2 N–H and O–H groups in total. The first-order chi connectivity index (χ1) is 14.7. The fourth-order valence-electron chi connectivity index (χ4n) is 4.52. The van der Waals surface area contributed by atoms with Gasteiger partial charge in [-0.25, -0.2) is 0 Å². The van der Waals surface area contributed by atoms with Crippen molar-refractivity contribution in [2.24, 2.45) is 0 Å². The molecule has 4 nitrogen and oxygen atoms in total. The van der Waals surface area contributed by atoms with E-state index in [0.29, 0.717) is 0 Å². The van der Waals surface area contributed by atoms with E-state index in [9.17, 15) is 0 Å². The van der Waals surface area contributed by atoms with Crippen molar-refractivity contribution < 1.29 is 9.47 Å².